The monoisotopic (exact) mass is 427 g/mol. The zero-order chi connectivity index (χ0) is 23.0. The first-order chi connectivity index (χ1) is 14.6. The summed E-state index contributed by atoms with van der Waals surface area (Å²) in [4.78, 5) is 39.9. The van der Waals surface area contributed by atoms with Crippen LogP contribution in [0, 0.1) is 0 Å². The van der Waals surface area contributed by atoms with Gasteiger partial charge in [-0.2, -0.15) is 0 Å². The number of carbonyl (C=O) groups excluding carboxylic acids is 3. The highest BCUT2D eigenvalue weighted by Gasteiger charge is 2.22. The number of likely N-dealkylation sites (N-methyl/N-ethyl adjacent to an activating group) is 1. The molecule has 0 aromatic heterocycles. The van der Waals surface area contributed by atoms with Gasteiger partial charge in [0.25, 0.3) is 0 Å². The molecule has 0 unspecified atom stereocenters. The van der Waals surface area contributed by atoms with Crippen LogP contribution in [-0.4, -0.2) is 50.1 Å². The fourth-order valence-electron chi connectivity index (χ4n) is 2.72. The maximum atomic E-state index is 12.8. The normalized spacial score (nSPS) is 10.9. The van der Waals surface area contributed by atoms with Crippen LogP contribution in [-0.2, 0) is 19.1 Å². The topological polar surface area (TPSA) is 102 Å². The Morgan fingerprint density at radius 1 is 0.935 bits per heavy atom. The predicted molar refractivity (Wildman–Crippen MR) is 119 cm³/mol. The Kier molecular flexibility index (Phi) is 8.15. The molecule has 2 aromatic rings. The zero-order valence-electron chi connectivity index (χ0n) is 18.3. The van der Waals surface area contributed by atoms with E-state index in [4.69, 9.17) is 15.2 Å². The van der Waals surface area contributed by atoms with Crippen molar-refractivity contribution in [1.82, 2.24) is 0 Å². The summed E-state index contributed by atoms with van der Waals surface area (Å²) in [5, 5.41) is 0. The van der Waals surface area contributed by atoms with E-state index in [0.717, 1.165) is 0 Å². The maximum Gasteiger partial charge on any atom is 0.344 e. The molecule has 2 aromatic carbocycles. The quantitative estimate of drug-likeness (QED) is 0.649. The molecule has 8 nitrogen and oxygen atoms in total. The lowest BCUT2D eigenvalue weighted by molar-refractivity contribution is -0.157. The molecule has 0 fully saturated rings. The molecule has 8 heteroatoms. The number of anilines is 2. The van der Waals surface area contributed by atoms with E-state index in [1.807, 2.05) is 18.2 Å². The number of hydrogen-bond donors (Lipinski definition) is 1. The van der Waals surface area contributed by atoms with Gasteiger partial charge in [0.2, 0.25) is 11.8 Å². The minimum Gasteiger partial charge on any atom is -0.482 e. The molecule has 0 saturated heterocycles. The maximum absolute atomic E-state index is 12.8. The Morgan fingerprint density at radius 2 is 1.58 bits per heavy atom. The second kappa shape index (κ2) is 10.6. The van der Waals surface area contributed by atoms with Crippen LogP contribution in [0.25, 0.3) is 0 Å². The molecule has 0 heterocycles. The van der Waals surface area contributed by atoms with Crippen molar-refractivity contribution in [3.63, 3.8) is 0 Å². The van der Waals surface area contributed by atoms with Gasteiger partial charge in [-0.25, -0.2) is 4.79 Å². The lowest BCUT2D eigenvalue weighted by Crippen LogP contribution is -2.44. The van der Waals surface area contributed by atoms with Crippen molar-refractivity contribution in [1.29, 1.82) is 0 Å². The molecule has 0 aliphatic heterocycles. The van der Waals surface area contributed by atoms with E-state index in [1.165, 1.54) is 9.80 Å². The van der Waals surface area contributed by atoms with Gasteiger partial charge in [0, 0.05) is 24.5 Å². The molecule has 166 valence electrons. The molecule has 0 radical (unpaired) electrons. The van der Waals surface area contributed by atoms with E-state index in [1.54, 1.807) is 64.2 Å². The van der Waals surface area contributed by atoms with Gasteiger partial charge in [0.15, 0.2) is 6.61 Å². The molecular weight excluding hydrogens is 398 g/mol. The molecule has 0 spiro atoms. The minimum atomic E-state index is -0.613. The Hall–Kier alpha value is -3.39. The SMILES string of the molecule is CN(C(=O)CN(C(=O)CN)c1cccc(OCC(=O)OC(C)(C)C)c1)c1ccccc1. The third kappa shape index (κ3) is 7.42. The van der Waals surface area contributed by atoms with Gasteiger partial charge >= 0.3 is 5.97 Å². The van der Waals surface area contributed by atoms with Crippen molar-refractivity contribution in [3.8, 4) is 5.75 Å². The van der Waals surface area contributed by atoms with Gasteiger partial charge < -0.3 is 25.0 Å². The summed E-state index contributed by atoms with van der Waals surface area (Å²) in [7, 11) is 1.64. The lowest BCUT2D eigenvalue weighted by Gasteiger charge is -2.25. The number of nitrogens with zero attached hydrogens (tertiary/aromatic N) is 2. The van der Waals surface area contributed by atoms with Crippen molar-refractivity contribution in [2.75, 3.05) is 36.5 Å². The van der Waals surface area contributed by atoms with Crippen molar-refractivity contribution >= 4 is 29.2 Å². The smallest absolute Gasteiger partial charge is 0.344 e. The molecule has 2 amide bonds. The third-order valence-electron chi connectivity index (χ3n) is 4.19. The highest BCUT2D eigenvalue weighted by atomic mass is 16.6. The fraction of sp³-hybridized carbons (Fsp3) is 0.348. The average Bonchev–Trinajstić information content (AvgIpc) is 2.74. The average molecular weight is 428 g/mol. The molecule has 2 rings (SSSR count). The minimum absolute atomic E-state index is 0.197. The Labute approximate surface area is 182 Å². The van der Waals surface area contributed by atoms with Crippen LogP contribution in [0.4, 0.5) is 11.4 Å². The van der Waals surface area contributed by atoms with Gasteiger partial charge in [-0.15, -0.1) is 0 Å². The van der Waals surface area contributed by atoms with Gasteiger partial charge in [-0.1, -0.05) is 24.3 Å². The summed E-state index contributed by atoms with van der Waals surface area (Å²) < 4.78 is 10.7. The Bertz CT molecular complexity index is 909. The summed E-state index contributed by atoms with van der Waals surface area (Å²) in [5.41, 5.74) is 6.09. The van der Waals surface area contributed by atoms with Gasteiger partial charge in [0.05, 0.1) is 6.54 Å². The molecule has 0 aliphatic rings. The highest BCUT2D eigenvalue weighted by molar-refractivity contribution is 6.04. The van der Waals surface area contributed by atoms with E-state index in [9.17, 15) is 14.4 Å². The lowest BCUT2D eigenvalue weighted by atomic mass is 10.2. The third-order valence-corrected chi connectivity index (χ3v) is 4.19. The van der Waals surface area contributed by atoms with Crippen molar-refractivity contribution in [2.24, 2.45) is 5.73 Å². The second-order valence-electron chi connectivity index (χ2n) is 7.84. The highest BCUT2D eigenvalue weighted by Crippen LogP contribution is 2.22. The first-order valence-electron chi connectivity index (χ1n) is 9.87. The number of para-hydroxylation sites is 1. The largest absolute Gasteiger partial charge is 0.482 e. The molecule has 0 aliphatic carbocycles. The standard InChI is InChI=1S/C23H29N3O5/c1-23(2,3)31-22(29)16-30-19-12-8-11-18(13-19)26(20(27)14-24)15-21(28)25(4)17-9-6-5-7-10-17/h5-13H,14-16,24H2,1-4H3. The van der Waals surface area contributed by atoms with Crippen LogP contribution in [0.5, 0.6) is 5.75 Å². The predicted octanol–water partition coefficient (Wildman–Crippen LogP) is 2.36. The number of carbonyl (C=O) groups is 3. The van der Waals surface area contributed by atoms with E-state index in [0.29, 0.717) is 17.1 Å². The number of amides is 2. The fourth-order valence-corrected chi connectivity index (χ4v) is 2.72. The van der Waals surface area contributed by atoms with Crippen LogP contribution >= 0.6 is 0 Å². The summed E-state index contributed by atoms with van der Waals surface area (Å²) in [6, 6.07) is 15.7. The first kappa shape index (κ1) is 23.9. The van der Waals surface area contributed by atoms with Crippen molar-refractivity contribution in [3.05, 3.63) is 54.6 Å². The number of hydrogen-bond acceptors (Lipinski definition) is 6. The number of nitrogens with two attached hydrogens (primary N) is 1. The Morgan fingerprint density at radius 3 is 2.19 bits per heavy atom. The molecule has 0 saturated carbocycles. The number of benzene rings is 2. The molecule has 0 atom stereocenters. The van der Waals surface area contributed by atoms with E-state index >= 15 is 0 Å². The van der Waals surface area contributed by atoms with E-state index in [2.05, 4.69) is 0 Å². The van der Waals surface area contributed by atoms with Crippen LogP contribution in [0.15, 0.2) is 54.6 Å². The van der Waals surface area contributed by atoms with E-state index in [-0.39, 0.29) is 25.6 Å². The number of rotatable bonds is 8. The molecular formula is C23H29N3O5. The summed E-state index contributed by atoms with van der Waals surface area (Å²) in [6.07, 6.45) is 0. The number of ether oxygens (including phenoxy) is 2. The Balaban J connectivity index is 2.13. The van der Waals surface area contributed by atoms with Gasteiger partial charge in [0.1, 0.15) is 17.9 Å². The second-order valence-corrected chi connectivity index (χ2v) is 7.84. The first-order valence-corrected chi connectivity index (χ1v) is 9.87. The summed E-state index contributed by atoms with van der Waals surface area (Å²) in [6.45, 7) is 4.57. The number of esters is 1. The van der Waals surface area contributed by atoms with Crippen molar-refractivity contribution in [2.45, 2.75) is 26.4 Å². The van der Waals surface area contributed by atoms with Crippen LogP contribution < -0.4 is 20.3 Å². The van der Waals surface area contributed by atoms with Crippen LogP contribution in [0.2, 0.25) is 0 Å². The van der Waals surface area contributed by atoms with Crippen molar-refractivity contribution < 1.29 is 23.9 Å². The molecule has 0 bridgehead atoms. The summed E-state index contributed by atoms with van der Waals surface area (Å²) >= 11 is 0. The zero-order valence-corrected chi connectivity index (χ0v) is 18.3. The van der Waals surface area contributed by atoms with Gasteiger partial charge in [-0.3, -0.25) is 9.59 Å². The molecule has 31 heavy (non-hydrogen) atoms. The van der Waals surface area contributed by atoms with Crippen LogP contribution in [0.1, 0.15) is 20.8 Å². The molecule has 2 N–H and O–H groups in total. The van der Waals surface area contributed by atoms with Gasteiger partial charge in [-0.05, 0) is 45.0 Å². The van der Waals surface area contributed by atoms with E-state index < -0.39 is 17.5 Å². The summed E-state index contributed by atoms with van der Waals surface area (Å²) in [5.74, 6) is -0.846. The van der Waals surface area contributed by atoms with Crippen LogP contribution in [0.3, 0.4) is 0 Å².